The van der Waals surface area contributed by atoms with E-state index in [0.29, 0.717) is 18.0 Å². The maximum absolute atomic E-state index is 14.6. The quantitative estimate of drug-likeness (QED) is 0.179. The molecule has 47 heavy (non-hydrogen) atoms. The first-order valence-electron chi connectivity index (χ1n) is 15.8. The van der Waals surface area contributed by atoms with Crippen LogP contribution in [0.3, 0.4) is 0 Å². The highest BCUT2D eigenvalue weighted by molar-refractivity contribution is 7.92. The molecule has 0 saturated carbocycles. The monoisotopic (exact) mass is 655 g/mol. The molecule has 0 radical (unpaired) electrons. The number of nitrogens with zero attached hydrogens (tertiary/aromatic N) is 2. The Morgan fingerprint density at radius 3 is 2.04 bits per heavy atom. The number of carbonyl (C=O) groups is 2. The molecule has 0 aromatic heterocycles. The average Bonchev–Trinajstić information content (AvgIpc) is 3.02. The van der Waals surface area contributed by atoms with Crippen LogP contribution in [0.15, 0.2) is 108 Å². The summed E-state index contributed by atoms with van der Waals surface area (Å²) in [6, 6.07) is 29.5. The Morgan fingerprint density at radius 1 is 0.809 bits per heavy atom. The zero-order chi connectivity index (χ0) is 34.2. The lowest BCUT2D eigenvalue weighted by atomic mass is 10.0. The molecule has 0 heterocycles. The number of benzene rings is 4. The zero-order valence-corrected chi connectivity index (χ0v) is 28.9. The summed E-state index contributed by atoms with van der Waals surface area (Å²) in [5, 5.41) is 3.06. The lowest BCUT2D eigenvalue weighted by Crippen LogP contribution is -2.56. The fourth-order valence-electron chi connectivity index (χ4n) is 5.26. The van der Waals surface area contributed by atoms with Gasteiger partial charge in [0, 0.05) is 18.5 Å². The summed E-state index contributed by atoms with van der Waals surface area (Å²) >= 11 is 0. The molecule has 0 aliphatic heterocycles. The van der Waals surface area contributed by atoms with Crippen LogP contribution in [0.1, 0.15) is 49.9 Å². The number of nitrogens with one attached hydrogen (secondary N) is 1. The van der Waals surface area contributed by atoms with Crippen LogP contribution in [-0.4, -0.2) is 49.9 Å². The van der Waals surface area contributed by atoms with E-state index < -0.39 is 34.1 Å². The molecule has 0 bridgehead atoms. The maximum atomic E-state index is 14.6. The first-order valence-corrected chi connectivity index (χ1v) is 17.2. The highest BCUT2D eigenvalue weighted by Crippen LogP contribution is 2.27. The summed E-state index contributed by atoms with van der Waals surface area (Å²) in [5.41, 5.74) is 3.36. The van der Waals surface area contributed by atoms with Crippen molar-refractivity contribution in [1.29, 1.82) is 0 Å². The molecule has 4 aromatic carbocycles. The van der Waals surface area contributed by atoms with Crippen LogP contribution < -0.4 is 14.4 Å². The Bertz CT molecular complexity index is 1750. The van der Waals surface area contributed by atoms with Gasteiger partial charge in [0.2, 0.25) is 11.8 Å². The van der Waals surface area contributed by atoms with Gasteiger partial charge in [-0.2, -0.15) is 0 Å². The van der Waals surface area contributed by atoms with Gasteiger partial charge in [0.05, 0.1) is 17.2 Å². The smallest absolute Gasteiger partial charge is 0.264 e. The van der Waals surface area contributed by atoms with Crippen molar-refractivity contribution in [2.75, 3.05) is 17.5 Å². The van der Waals surface area contributed by atoms with Gasteiger partial charge in [0.15, 0.2) is 0 Å². The number of hydrogen-bond acceptors (Lipinski definition) is 5. The van der Waals surface area contributed by atoms with E-state index in [-0.39, 0.29) is 23.8 Å². The summed E-state index contributed by atoms with van der Waals surface area (Å²) in [5.74, 6) is -0.254. The van der Waals surface area contributed by atoms with E-state index in [1.807, 2.05) is 96.1 Å². The van der Waals surface area contributed by atoms with Gasteiger partial charge in [-0.05, 0) is 89.1 Å². The number of aryl methyl sites for hydroxylation is 2. The largest absolute Gasteiger partial charge is 0.494 e. The van der Waals surface area contributed by atoms with Crippen molar-refractivity contribution >= 4 is 27.5 Å². The SMILES string of the molecule is CCOc1ccc(N(CC(=O)N(Cc2cccc(C)c2)[C@@H](Cc2ccccc2)C(=O)NC(C)(C)C)S(=O)(=O)c2ccc(C)cc2)cc1. The topological polar surface area (TPSA) is 96.0 Å². The molecule has 4 aromatic rings. The molecule has 0 aliphatic carbocycles. The van der Waals surface area contributed by atoms with Gasteiger partial charge in [0.25, 0.3) is 10.0 Å². The molecular weight excluding hydrogens is 611 g/mol. The molecule has 0 unspecified atom stereocenters. The normalized spacial score (nSPS) is 12.2. The van der Waals surface area contributed by atoms with E-state index in [0.717, 1.165) is 26.6 Å². The van der Waals surface area contributed by atoms with E-state index in [2.05, 4.69) is 5.32 Å². The van der Waals surface area contributed by atoms with E-state index in [4.69, 9.17) is 4.74 Å². The third-order valence-electron chi connectivity index (χ3n) is 7.53. The number of amides is 2. The number of ether oxygens (including phenoxy) is 1. The molecule has 4 rings (SSSR count). The third-order valence-corrected chi connectivity index (χ3v) is 9.32. The predicted octanol–water partition coefficient (Wildman–Crippen LogP) is 6.45. The Morgan fingerprint density at radius 2 is 1.45 bits per heavy atom. The van der Waals surface area contributed by atoms with Crippen molar-refractivity contribution in [3.63, 3.8) is 0 Å². The molecule has 0 aliphatic rings. The molecule has 1 atom stereocenters. The Balaban J connectivity index is 1.82. The molecule has 248 valence electrons. The van der Waals surface area contributed by atoms with E-state index >= 15 is 0 Å². The minimum absolute atomic E-state index is 0.0568. The van der Waals surface area contributed by atoms with E-state index in [9.17, 15) is 18.0 Å². The van der Waals surface area contributed by atoms with Gasteiger partial charge >= 0.3 is 0 Å². The minimum Gasteiger partial charge on any atom is -0.494 e. The third kappa shape index (κ3) is 9.68. The summed E-state index contributed by atoms with van der Waals surface area (Å²) in [6.07, 6.45) is 0.244. The van der Waals surface area contributed by atoms with Gasteiger partial charge in [-0.15, -0.1) is 0 Å². The van der Waals surface area contributed by atoms with Crippen LogP contribution in [0.2, 0.25) is 0 Å². The number of carbonyl (C=O) groups excluding carboxylic acids is 2. The van der Waals surface area contributed by atoms with Crippen LogP contribution >= 0.6 is 0 Å². The number of sulfonamides is 1. The predicted molar refractivity (Wildman–Crippen MR) is 187 cm³/mol. The average molecular weight is 656 g/mol. The molecular formula is C38H45N3O5S. The second kappa shape index (κ2) is 15.3. The summed E-state index contributed by atoms with van der Waals surface area (Å²) in [4.78, 5) is 30.2. The Hall–Kier alpha value is -4.63. The van der Waals surface area contributed by atoms with E-state index in [1.54, 1.807) is 36.4 Å². The molecule has 0 fully saturated rings. The van der Waals surface area contributed by atoms with Gasteiger partial charge in [-0.3, -0.25) is 13.9 Å². The second-order valence-electron chi connectivity index (χ2n) is 12.7. The van der Waals surface area contributed by atoms with Crippen molar-refractivity contribution < 1.29 is 22.7 Å². The molecule has 9 heteroatoms. The molecule has 8 nitrogen and oxygen atoms in total. The van der Waals surface area contributed by atoms with Crippen molar-refractivity contribution in [3.8, 4) is 5.75 Å². The van der Waals surface area contributed by atoms with Crippen LogP contribution in [0.5, 0.6) is 5.75 Å². The molecule has 2 amide bonds. The van der Waals surface area contributed by atoms with Crippen molar-refractivity contribution in [3.05, 3.63) is 125 Å². The fourth-order valence-corrected chi connectivity index (χ4v) is 6.67. The number of anilines is 1. The lowest BCUT2D eigenvalue weighted by Gasteiger charge is -2.35. The van der Waals surface area contributed by atoms with Crippen LogP contribution in [0.25, 0.3) is 0 Å². The number of hydrogen-bond donors (Lipinski definition) is 1. The van der Waals surface area contributed by atoms with Gasteiger partial charge in [-0.1, -0.05) is 77.9 Å². The lowest BCUT2D eigenvalue weighted by molar-refractivity contribution is -0.140. The highest BCUT2D eigenvalue weighted by Gasteiger charge is 2.35. The first kappa shape index (κ1) is 35.2. The summed E-state index contributed by atoms with van der Waals surface area (Å²) in [6.45, 7) is 11.4. The fraction of sp³-hybridized carbons (Fsp3) is 0.316. The van der Waals surface area contributed by atoms with Crippen molar-refractivity contribution in [2.24, 2.45) is 0 Å². The summed E-state index contributed by atoms with van der Waals surface area (Å²) in [7, 11) is -4.19. The van der Waals surface area contributed by atoms with Gasteiger partial charge < -0.3 is 15.0 Å². The minimum atomic E-state index is -4.19. The second-order valence-corrected chi connectivity index (χ2v) is 14.6. The van der Waals surface area contributed by atoms with Crippen molar-refractivity contribution in [1.82, 2.24) is 10.2 Å². The van der Waals surface area contributed by atoms with Gasteiger partial charge in [-0.25, -0.2) is 8.42 Å². The molecule has 0 spiro atoms. The Labute approximate surface area is 279 Å². The van der Waals surface area contributed by atoms with Crippen molar-refractivity contribution in [2.45, 2.75) is 71.0 Å². The molecule has 0 saturated heterocycles. The van der Waals surface area contributed by atoms with Crippen LogP contribution in [0.4, 0.5) is 5.69 Å². The van der Waals surface area contributed by atoms with Gasteiger partial charge in [0.1, 0.15) is 18.3 Å². The first-order chi connectivity index (χ1) is 22.3. The maximum Gasteiger partial charge on any atom is 0.264 e. The zero-order valence-electron chi connectivity index (χ0n) is 28.1. The van der Waals surface area contributed by atoms with Crippen LogP contribution in [0, 0.1) is 13.8 Å². The summed E-state index contributed by atoms with van der Waals surface area (Å²) < 4.78 is 35.2. The number of rotatable bonds is 13. The molecule has 1 N–H and O–H groups in total. The Kier molecular flexibility index (Phi) is 11.5. The highest BCUT2D eigenvalue weighted by atomic mass is 32.2. The van der Waals surface area contributed by atoms with E-state index in [1.165, 1.54) is 17.0 Å². The standard InChI is InChI=1S/C38H45N3O5S/c1-7-46-33-20-18-32(19-21-33)41(47(44,45)34-22-16-28(2)17-23-34)27-36(42)40(26-31-15-11-12-29(3)24-31)35(37(43)39-38(4,5)6)25-30-13-9-8-10-14-30/h8-24,35H,7,25-27H2,1-6H3,(H,39,43)/t35-/m0/s1. The van der Waals surface area contributed by atoms with Crippen LogP contribution in [-0.2, 0) is 32.6 Å².